The molecule has 3 rings (SSSR count). The van der Waals surface area contributed by atoms with Crippen molar-refractivity contribution in [3.05, 3.63) is 41.5 Å². The fourth-order valence-corrected chi connectivity index (χ4v) is 3.44. The van der Waals surface area contributed by atoms with Crippen LogP contribution in [0.3, 0.4) is 0 Å². The predicted molar refractivity (Wildman–Crippen MR) is 102 cm³/mol. The van der Waals surface area contributed by atoms with Crippen LogP contribution in [-0.2, 0) is 19.5 Å². The monoisotopic (exact) mass is 356 g/mol. The Balaban J connectivity index is 1.55. The second kappa shape index (κ2) is 8.21. The number of aryl methyl sites for hydroxylation is 2. The van der Waals surface area contributed by atoms with Gasteiger partial charge in [0.15, 0.2) is 5.96 Å². The molecule has 0 bridgehead atoms. The SMILES string of the molecule is CN=C(NCC1CCc2nnc(C)n2C1)N(C)Cc1cccc(OC)c1. The molecule has 1 atom stereocenters. The normalized spacial score (nSPS) is 16.9. The van der Waals surface area contributed by atoms with Crippen molar-refractivity contribution in [1.29, 1.82) is 0 Å². The van der Waals surface area contributed by atoms with Crippen molar-refractivity contribution in [2.24, 2.45) is 10.9 Å². The van der Waals surface area contributed by atoms with E-state index in [0.29, 0.717) is 5.92 Å². The summed E-state index contributed by atoms with van der Waals surface area (Å²) in [6.07, 6.45) is 2.12. The molecule has 1 aliphatic heterocycles. The smallest absolute Gasteiger partial charge is 0.193 e. The molecule has 1 aliphatic rings. The minimum absolute atomic E-state index is 0.555. The molecule has 0 spiro atoms. The Morgan fingerprint density at radius 1 is 1.42 bits per heavy atom. The Morgan fingerprint density at radius 3 is 3.04 bits per heavy atom. The molecule has 0 fully saturated rings. The van der Waals surface area contributed by atoms with Crippen LogP contribution in [0.1, 0.15) is 23.6 Å². The summed E-state index contributed by atoms with van der Waals surface area (Å²) in [6.45, 7) is 4.66. The van der Waals surface area contributed by atoms with Gasteiger partial charge in [0, 0.05) is 40.2 Å². The minimum Gasteiger partial charge on any atom is -0.497 e. The average Bonchev–Trinajstić information content (AvgIpc) is 3.03. The van der Waals surface area contributed by atoms with Crippen LogP contribution in [0, 0.1) is 12.8 Å². The molecule has 1 N–H and O–H groups in total. The molecule has 0 amide bonds. The first-order chi connectivity index (χ1) is 12.6. The summed E-state index contributed by atoms with van der Waals surface area (Å²) in [4.78, 5) is 6.56. The van der Waals surface area contributed by atoms with Crippen LogP contribution in [0.5, 0.6) is 5.75 Å². The van der Waals surface area contributed by atoms with Gasteiger partial charge >= 0.3 is 0 Å². The van der Waals surface area contributed by atoms with E-state index in [1.54, 1.807) is 7.11 Å². The molecule has 0 saturated carbocycles. The van der Waals surface area contributed by atoms with Crippen molar-refractivity contribution in [2.45, 2.75) is 32.9 Å². The fourth-order valence-electron chi connectivity index (χ4n) is 3.44. The lowest BCUT2D eigenvalue weighted by Crippen LogP contribution is -2.42. The Bertz CT molecular complexity index is 769. The van der Waals surface area contributed by atoms with E-state index < -0.39 is 0 Å². The average molecular weight is 356 g/mol. The highest BCUT2D eigenvalue weighted by atomic mass is 16.5. The first-order valence-electron chi connectivity index (χ1n) is 9.04. The maximum absolute atomic E-state index is 5.30. The van der Waals surface area contributed by atoms with Crippen molar-refractivity contribution in [3.63, 3.8) is 0 Å². The van der Waals surface area contributed by atoms with Gasteiger partial charge in [0.05, 0.1) is 7.11 Å². The fraction of sp³-hybridized carbons (Fsp3) is 0.526. The van der Waals surface area contributed by atoms with Crippen LogP contribution in [0.15, 0.2) is 29.3 Å². The second-order valence-electron chi connectivity index (χ2n) is 6.81. The van der Waals surface area contributed by atoms with Crippen LogP contribution in [0.4, 0.5) is 0 Å². The van der Waals surface area contributed by atoms with E-state index in [1.165, 1.54) is 5.56 Å². The number of guanidine groups is 1. The van der Waals surface area contributed by atoms with Gasteiger partial charge in [-0.3, -0.25) is 4.99 Å². The highest BCUT2D eigenvalue weighted by Crippen LogP contribution is 2.19. The molecule has 0 aliphatic carbocycles. The number of nitrogens with one attached hydrogen (secondary N) is 1. The lowest BCUT2D eigenvalue weighted by molar-refractivity contribution is 0.352. The molecule has 1 unspecified atom stereocenters. The zero-order chi connectivity index (χ0) is 18.5. The van der Waals surface area contributed by atoms with Gasteiger partial charge in [0.2, 0.25) is 0 Å². The summed E-state index contributed by atoms with van der Waals surface area (Å²) in [5, 5.41) is 11.9. The summed E-state index contributed by atoms with van der Waals surface area (Å²) in [5.74, 6) is 4.45. The van der Waals surface area contributed by atoms with Crippen molar-refractivity contribution in [2.75, 3.05) is 27.7 Å². The van der Waals surface area contributed by atoms with Crippen molar-refractivity contribution < 1.29 is 4.74 Å². The summed E-state index contributed by atoms with van der Waals surface area (Å²) < 4.78 is 7.54. The number of rotatable bonds is 5. The Hall–Kier alpha value is -2.57. The molecule has 0 saturated heterocycles. The third kappa shape index (κ3) is 4.15. The summed E-state index contributed by atoms with van der Waals surface area (Å²) >= 11 is 0. The Labute approximate surface area is 155 Å². The van der Waals surface area contributed by atoms with E-state index >= 15 is 0 Å². The van der Waals surface area contributed by atoms with Crippen LogP contribution in [0.25, 0.3) is 0 Å². The number of fused-ring (bicyclic) bond motifs is 1. The maximum atomic E-state index is 5.30. The number of aromatic nitrogens is 3. The zero-order valence-corrected chi connectivity index (χ0v) is 16.1. The second-order valence-corrected chi connectivity index (χ2v) is 6.81. The lowest BCUT2D eigenvalue weighted by Gasteiger charge is -2.27. The number of nitrogens with zero attached hydrogens (tertiary/aromatic N) is 5. The van der Waals surface area contributed by atoms with E-state index in [4.69, 9.17) is 4.74 Å². The summed E-state index contributed by atoms with van der Waals surface area (Å²) in [6, 6.07) is 8.13. The minimum atomic E-state index is 0.555. The molecule has 0 radical (unpaired) electrons. The van der Waals surface area contributed by atoms with E-state index in [-0.39, 0.29) is 0 Å². The number of methoxy groups -OCH3 is 1. The number of aliphatic imine (C=N–C) groups is 1. The van der Waals surface area contributed by atoms with Gasteiger partial charge in [-0.2, -0.15) is 0 Å². The van der Waals surface area contributed by atoms with Crippen LogP contribution < -0.4 is 10.1 Å². The highest BCUT2D eigenvalue weighted by molar-refractivity contribution is 5.79. The number of hydrogen-bond donors (Lipinski definition) is 1. The highest BCUT2D eigenvalue weighted by Gasteiger charge is 2.22. The first kappa shape index (κ1) is 18.2. The lowest BCUT2D eigenvalue weighted by atomic mass is 9.99. The molecule has 7 nitrogen and oxygen atoms in total. The van der Waals surface area contributed by atoms with E-state index in [1.807, 2.05) is 26.1 Å². The van der Waals surface area contributed by atoms with Gasteiger partial charge in [-0.1, -0.05) is 12.1 Å². The molecule has 140 valence electrons. The molecular formula is C19H28N6O. The molecule has 1 aromatic heterocycles. The largest absolute Gasteiger partial charge is 0.497 e. The maximum Gasteiger partial charge on any atom is 0.193 e. The number of ether oxygens (including phenoxy) is 1. The molecule has 1 aromatic carbocycles. The van der Waals surface area contributed by atoms with Crippen LogP contribution in [-0.4, -0.2) is 53.4 Å². The van der Waals surface area contributed by atoms with Crippen LogP contribution >= 0.6 is 0 Å². The van der Waals surface area contributed by atoms with Gasteiger partial charge in [-0.15, -0.1) is 10.2 Å². The van der Waals surface area contributed by atoms with Crippen molar-refractivity contribution in [1.82, 2.24) is 25.0 Å². The molecule has 2 heterocycles. The third-order valence-corrected chi connectivity index (χ3v) is 4.91. The first-order valence-corrected chi connectivity index (χ1v) is 9.04. The van der Waals surface area contributed by atoms with Gasteiger partial charge in [0.1, 0.15) is 17.4 Å². The molecule has 2 aromatic rings. The van der Waals surface area contributed by atoms with Crippen LogP contribution in [0.2, 0.25) is 0 Å². The predicted octanol–water partition coefficient (Wildman–Crippen LogP) is 1.86. The Kier molecular flexibility index (Phi) is 5.75. The Morgan fingerprint density at radius 2 is 2.27 bits per heavy atom. The van der Waals surface area contributed by atoms with Gasteiger partial charge < -0.3 is 19.5 Å². The molecule has 26 heavy (non-hydrogen) atoms. The third-order valence-electron chi connectivity index (χ3n) is 4.91. The number of hydrogen-bond acceptors (Lipinski definition) is 4. The van der Waals surface area contributed by atoms with E-state index in [2.05, 4.69) is 49.2 Å². The van der Waals surface area contributed by atoms with Crippen molar-refractivity contribution in [3.8, 4) is 5.75 Å². The molecule has 7 heteroatoms. The topological polar surface area (TPSA) is 67.6 Å². The quantitative estimate of drug-likeness (QED) is 0.654. The standard InChI is InChI=1S/C19H28N6O/c1-14-22-23-18-9-8-16(13-25(14)18)11-21-19(20-2)24(3)12-15-6-5-7-17(10-15)26-4/h5-7,10,16H,8-9,11-13H2,1-4H3,(H,20,21). The molecular weight excluding hydrogens is 328 g/mol. The van der Waals surface area contributed by atoms with Crippen molar-refractivity contribution >= 4 is 5.96 Å². The number of benzene rings is 1. The van der Waals surface area contributed by atoms with Gasteiger partial charge in [-0.25, -0.2) is 0 Å². The van der Waals surface area contributed by atoms with Gasteiger partial charge in [0.25, 0.3) is 0 Å². The summed E-state index contributed by atoms with van der Waals surface area (Å²) in [5.41, 5.74) is 1.19. The summed E-state index contributed by atoms with van der Waals surface area (Å²) in [7, 11) is 5.57. The van der Waals surface area contributed by atoms with E-state index in [0.717, 1.165) is 55.8 Å². The van der Waals surface area contributed by atoms with E-state index in [9.17, 15) is 0 Å². The zero-order valence-electron chi connectivity index (χ0n) is 16.1. The van der Waals surface area contributed by atoms with Gasteiger partial charge in [-0.05, 0) is 37.0 Å².